The zero-order valence-corrected chi connectivity index (χ0v) is 25.0. The summed E-state index contributed by atoms with van der Waals surface area (Å²) in [6.07, 6.45) is 4.14. The highest BCUT2D eigenvalue weighted by Gasteiger charge is 2.59. The van der Waals surface area contributed by atoms with Crippen LogP contribution in [0.25, 0.3) is 16.9 Å². The first-order valence-electron chi connectivity index (χ1n) is 14.3. The maximum absolute atomic E-state index is 15.3. The van der Waals surface area contributed by atoms with Gasteiger partial charge in [0.25, 0.3) is 5.91 Å². The maximum atomic E-state index is 15.3. The molecule has 1 aliphatic carbocycles. The van der Waals surface area contributed by atoms with Crippen LogP contribution in [0.2, 0.25) is 0 Å². The molecule has 9 heteroatoms. The molecule has 0 bridgehead atoms. The van der Waals surface area contributed by atoms with Gasteiger partial charge in [-0.05, 0) is 76.8 Å². The molecule has 5 rings (SSSR count). The molecule has 1 saturated heterocycles. The summed E-state index contributed by atoms with van der Waals surface area (Å²) in [4.78, 5) is 20.5. The standard InChI is InChI=1S/C31H41BFN4O3/c1-9-21-16-25(27(38)36-18-30(7)13-10-14-31(30,8)19(36)2)34-26-17-24(35-37(21)26)22-12-11-20(15-23(22)33)32-40-29(5,6)28(3,4)39/h11-12,15-17,19,39H,9-10,13-14,18H2,1-8H3/t19-,30+,31-/m1/s1. The molecule has 40 heavy (non-hydrogen) atoms. The number of carbonyl (C=O) groups is 1. The van der Waals surface area contributed by atoms with E-state index in [4.69, 9.17) is 9.64 Å². The van der Waals surface area contributed by atoms with Gasteiger partial charge in [-0.1, -0.05) is 44.8 Å². The van der Waals surface area contributed by atoms with Crippen molar-refractivity contribution < 1.29 is 18.9 Å². The van der Waals surface area contributed by atoms with E-state index in [2.05, 4.69) is 25.9 Å². The van der Waals surface area contributed by atoms with E-state index in [0.29, 0.717) is 34.5 Å². The minimum atomic E-state index is -1.08. The first-order valence-corrected chi connectivity index (χ1v) is 14.3. The second-order valence-electron chi connectivity index (χ2n) is 13.3. The van der Waals surface area contributed by atoms with Gasteiger partial charge in [0.1, 0.15) is 11.5 Å². The maximum Gasteiger partial charge on any atom is 0.331 e. The number of aryl methyl sites for hydroxylation is 1. The molecule has 0 spiro atoms. The minimum absolute atomic E-state index is 0.0515. The second kappa shape index (κ2) is 9.66. The number of benzene rings is 1. The Labute approximate surface area is 237 Å². The molecule has 1 N–H and O–H groups in total. The molecule has 1 aromatic carbocycles. The molecule has 3 atom stereocenters. The van der Waals surface area contributed by atoms with E-state index in [9.17, 15) is 9.90 Å². The van der Waals surface area contributed by atoms with Crippen LogP contribution in [0.4, 0.5) is 4.39 Å². The van der Waals surface area contributed by atoms with Crippen LogP contribution < -0.4 is 5.46 Å². The van der Waals surface area contributed by atoms with Gasteiger partial charge in [0, 0.05) is 29.9 Å². The Hall–Kier alpha value is -2.78. The SMILES string of the molecule is CCc1cc(C(=O)N2C[C@]3(C)CCC[C@]3(C)[C@H]2C)nc2cc(-c3ccc([B]OC(C)(C)C(C)(C)O)cc3F)nn12. The van der Waals surface area contributed by atoms with Crippen LogP contribution in [-0.2, 0) is 11.1 Å². The lowest BCUT2D eigenvalue weighted by molar-refractivity contribution is -0.0893. The van der Waals surface area contributed by atoms with Gasteiger partial charge in [0.2, 0.25) is 0 Å². The van der Waals surface area contributed by atoms with Crippen molar-refractivity contribution >= 4 is 24.5 Å². The zero-order valence-electron chi connectivity index (χ0n) is 25.0. The molecular weight excluding hydrogens is 506 g/mol. The lowest BCUT2D eigenvalue weighted by atomic mass is 9.68. The summed E-state index contributed by atoms with van der Waals surface area (Å²) in [6, 6.07) is 8.49. The summed E-state index contributed by atoms with van der Waals surface area (Å²) < 4.78 is 22.8. The Bertz CT molecular complexity index is 1460. The number of nitrogens with zero attached hydrogens (tertiary/aromatic N) is 4. The van der Waals surface area contributed by atoms with E-state index in [-0.39, 0.29) is 22.8 Å². The average Bonchev–Trinajstić information content (AvgIpc) is 3.50. The smallest absolute Gasteiger partial charge is 0.331 e. The molecule has 3 aromatic rings. The lowest BCUT2D eigenvalue weighted by Crippen LogP contribution is -2.49. The summed E-state index contributed by atoms with van der Waals surface area (Å²) in [6.45, 7) is 16.5. The molecular formula is C31H41BFN4O3. The van der Waals surface area contributed by atoms with Crippen molar-refractivity contribution in [3.63, 3.8) is 0 Å². The second-order valence-corrected chi connectivity index (χ2v) is 13.3. The van der Waals surface area contributed by atoms with Gasteiger partial charge in [-0.2, -0.15) is 5.10 Å². The van der Waals surface area contributed by atoms with E-state index in [1.807, 2.05) is 17.9 Å². The molecule has 2 fully saturated rings. The number of hydrogen-bond acceptors (Lipinski definition) is 5. The van der Waals surface area contributed by atoms with E-state index < -0.39 is 17.0 Å². The normalized spacial score (nSPS) is 25.1. The van der Waals surface area contributed by atoms with Crippen molar-refractivity contribution in [3.8, 4) is 11.3 Å². The number of carbonyl (C=O) groups excluding carboxylic acids is 1. The number of fused-ring (bicyclic) bond motifs is 2. The highest BCUT2D eigenvalue weighted by Crippen LogP contribution is 2.60. The summed E-state index contributed by atoms with van der Waals surface area (Å²) >= 11 is 0. The first-order chi connectivity index (χ1) is 18.6. The van der Waals surface area contributed by atoms with Gasteiger partial charge >= 0.3 is 7.48 Å². The van der Waals surface area contributed by atoms with Gasteiger partial charge < -0.3 is 14.7 Å². The number of hydrogen-bond donors (Lipinski definition) is 1. The molecule has 213 valence electrons. The number of likely N-dealkylation sites (tertiary alicyclic amines) is 1. The van der Waals surface area contributed by atoms with Crippen LogP contribution in [0.1, 0.15) is 90.8 Å². The molecule has 1 radical (unpaired) electrons. The lowest BCUT2D eigenvalue weighted by Gasteiger charge is -2.37. The predicted molar refractivity (Wildman–Crippen MR) is 155 cm³/mol. The summed E-state index contributed by atoms with van der Waals surface area (Å²) in [5.41, 5.74) is 1.39. The van der Waals surface area contributed by atoms with Gasteiger partial charge in [-0.3, -0.25) is 4.79 Å². The topological polar surface area (TPSA) is 80.0 Å². The van der Waals surface area contributed by atoms with Crippen molar-refractivity contribution in [2.75, 3.05) is 6.54 Å². The van der Waals surface area contributed by atoms with Crippen molar-refractivity contribution in [1.29, 1.82) is 0 Å². The summed E-state index contributed by atoms with van der Waals surface area (Å²) in [5.74, 6) is -0.501. The predicted octanol–water partition coefficient (Wildman–Crippen LogP) is 4.95. The van der Waals surface area contributed by atoms with E-state index in [1.165, 1.54) is 20.0 Å². The Kier molecular flexibility index (Phi) is 6.94. The molecule has 1 aliphatic heterocycles. The number of amides is 1. The fraction of sp³-hybridized carbons (Fsp3) is 0.581. The van der Waals surface area contributed by atoms with Crippen molar-refractivity contribution in [2.24, 2.45) is 10.8 Å². The van der Waals surface area contributed by atoms with Gasteiger partial charge in [0.05, 0.1) is 16.9 Å². The van der Waals surface area contributed by atoms with Crippen LogP contribution in [-0.4, -0.2) is 61.8 Å². The number of rotatable bonds is 7. The molecule has 1 saturated carbocycles. The van der Waals surface area contributed by atoms with Crippen LogP contribution in [0.3, 0.4) is 0 Å². The molecule has 2 aromatic heterocycles. The van der Waals surface area contributed by atoms with E-state index in [0.717, 1.165) is 25.1 Å². The van der Waals surface area contributed by atoms with E-state index >= 15 is 4.39 Å². The van der Waals surface area contributed by atoms with Gasteiger partial charge in [-0.15, -0.1) is 0 Å². The van der Waals surface area contributed by atoms with Gasteiger partial charge in [0.15, 0.2) is 5.65 Å². The first kappa shape index (κ1) is 28.7. The fourth-order valence-electron chi connectivity index (χ4n) is 6.36. The highest BCUT2D eigenvalue weighted by atomic mass is 19.1. The quantitative estimate of drug-likeness (QED) is 0.424. The molecule has 2 aliphatic rings. The zero-order chi connectivity index (χ0) is 29.3. The largest absolute Gasteiger partial charge is 0.427 e. The van der Waals surface area contributed by atoms with Crippen molar-refractivity contribution in [1.82, 2.24) is 19.5 Å². The third-order valence-corrected chi connectivity index (χ3v) is 10.3. The van der Waals surface area contributed by atoms with Crippen molar-refractivity contribution in [3.05, 3.63) is 47.5 Å². The average molecular weight is 548 g/mol. The summed E-state index contributed by atoms with van der Waals surface area (Å²) in [7, 11) is 1.46. The number of aromatic nitrogens is 3. The Morgan fingerprint density at radius 2 is 1.93 bits per heavy atom. The molecule has 3 heterocycles. The van der Waals surface area contributed by atoms with Crippen LogP contribution >= 0.6 is 0 Å². The third-order valence-electron chi connectivity index (χ3n) is 10.3. The van der Waals surface area contributed by atoms with Gasteiger partial charge in [-0.25, -0.2) is 13.9 Å². The number of aliphatic hydroxyl groups is 1. The van der Waals surface area contributed by atoms with E-state index in [1.54, 1.807) is 50.4 Å². The Morgan fingerprint density at radius 3 is 2.55 bits per heavy atom. The van der Waals surface area contributed by atoms with Crippen LogP contribution in [0.5, 0.6) is 0 Å². The highest BCUT2D eigenvalue weighted by molar-refractivity contribution is 6.47. The molecule has 0 unspecified atom stereocenters. The Balaban J connectivity index is 1.42. The third kappa shape index (κ3) is 4.55. The van der Waals surface area contributed by atoms with Crippen LogP contribution in [0.15, 0.2) is 30.3 Å². The molecule has 7 nitrogen and oxygen atoms in total. The van der Waals surface area contributed by atoms with Crippen molar-refractivity contribution in [2.45, 2.75) is 98.3 Å². The minimum Gasteiger partial charge on any atom is -0.427 e. The van der Waals surface area contributed by atoms with Crippen LogP contribution in [0, 0.1) is 16.6 Å². The fourth-order valence-corrected chi connectivity index (χ4v) is 6.36. The number of halogens is 1. The molecule has 1 amide bonds. The summed E-state index contributed by atoms with van der Waals surface area (Å²) in [5, 5.41) is 15.0. The monoisotopic (exact) mass is 547 g/mol. The Morgan fingerprint density at radius 1 is 1.20 bits per heavy atom.